The van der Waals surface area contributed by atoms with Gasteiger partial charge in [-0.15, -0.1) is 0 Å². The molecule has 1 aliphatic heterocycles. The highest BCUT2D eigenvalue weighted by Gasteiger charge is 2.50. The first-order valence-corrected chi connectivity index (χ1v) is 4.71. The molecule has 0 bridgehead atoms. The lowest BCUT2D eigenvalue weighted by atomic mass is 10.0. The molecule has 0 radical (unpaired) electrons. The Balaban J connectivity index is 2.12. The second kappa shape index (κ2) is 2.34. The molecule has 0 atom stereocenters. The van der Waals surface area contributed by atoms with Crippen LogP contribution in [-0.2, 0) is 23.6 Å². The summed E-state index contributed by atoms with van der Waals surface area (Å²) in [7, 11) is 0. The third kappa shape index (κ3) is 0.960. The van der Waals surface area contributed by atoms with Crippen LogP contribution in [0.15, 0.2) is 18.2 Å². The lowest BCUT2D eigenvalue weighted by Crippen LogP contribution is -2.02. The van der Waals surface area contributed by atoms with Crippen LogP contribution in [0.25, 0.3) is 0 Å². The number of benzene rings is 1. The second-order valence-corrected chi connectivity index (χ2v) is 3.93. The standard InChI is InChI=1S/C11H12O2/c12-6-8-1-2-9-7-13-11(3-4-11)10(9)5-8/h1-2,5,12H,3-4,6-7H2. The Hall–Kier alpha value is -0.860. The maximum atomic E-state index is 9.02. The smallest absolute Gasteiger partial charge is 0.0941 e. The summed E-state index contributed by atoms with van der Waals surface area (Å²) in [5.74, 6) is 0. The molecular formula is C11H12O2. The highest BCUT2D eigenvalue weighted by molar-refractivity contribution is 5.41. The van der Waals surface area contributed by atoms with Gasteiger partial charge in [0.2, 0.25) is 0 Å². The molecular weight excluding hydrogens is 164 g/mol. The molecule has 3 rings (SSSR count). The van der Waals surface area contributed by atoms with Crippen LogP contribution in [0.1, 0.15) is 29.5 Å². The Kier molecular flexibility index (Phi) is 1.35. The second-order valence-electron chi connectivity index (χ2n) is 3.93. The lowest BCUT2D eigenvalue weighted by molar-refractivity contribution is 0.0442. The van der Waals surface area contributed by atoms with Crippen molar-refractivity contribution in [3.8, 4) is 0 Å². The summed E-state index contributed by atoms with van der Waals surface area (Å²) in [6.07, 6.45) is 2.30. The molecule has 0 aromatic heterocycles. The Morgan fingerprint density at radius 2 is 2.23 bits per heavy atom. The molecule has 13 heavy (non-hydrogen) atoms. The molecule has 2 aliphatic rings. The molecule has 2 heteroatoms. The summed E-state index contributed by atoms with van der Waals surface area (Å²) < 4.78 is 5.74. The Morgan fingerprint density at radius 3 is 2.92 bits per heavy atom. The maximum Gasteiger partial charge on any atom is 0.0941 e. The van der Waals surface area contributed by atoms with Crippen LogP contribution in [-0.4, -0.2) is 5.11 Å². The Morgan fingerprint density at radius 1 is 1.38 bits per heavy atom. The summed E-state index contributed by atoms with van der Waals surface area (Å²) in [4.78, 5) is 0. The highest BCUT2D eigenvalue weighted by atomic mass is 16.5. The van der Waals surface area contributed by atoms with E-state index in [9.17, 15) is 0 Å². The van der Waals surface area contributed by atoms with Crippen molar-refractivity contribution in [3.05, 3.63) is 34.9 Å². The van der Waals surface area contributed by atoms with Gasteiger partial charge in [-0.1, -0.05) is 18.2 Å². The van der Waals surface area contributed by atoms with Crippen LogP contribution >= 0.6 is 0 Å². The molecule has 1 aliphatic carbocycles. The van der Waals surface area contributed by atoms with Gasteiger partial charge < -0.3 is 9.84 Å². The van der Waals surface area contributed by atoms with Crippen molar-refractivity contribution in [1.82, 2.24) is 0 Å². The van der Waals surface area contributed by atoms with E-state index < -0.39 is 0 Å². The van der Waals surface area contributed by atoms with E-state index in [2.05, 4.69) is 12.1 Å². The fourth-order valence-electron chi connectivity index (χ4n) is 2.09. The van der Waals surface area contributed by atoms with Crippen LogP contribution < -0.4 is 0 Å². The van der Waals surface area contributed by atoms with Crippen molar-refractivity contribution in [3.63, 3.8) is 0 Å². The van der Waals surface area contributed by atoms with Gasteiger partial charge in [0.1, 0.15) is 0 Å². The van der Waals surface area contributed by atoms with Crippen molar-refractivity contribution in [1.29, 1.82) is 0 Å². The predicted octanol–water partition coefficient (Wildman–Crippen LogP) is 1.70. The molecule has 0 unspecified atom stereocenters. The topological polar surface area (TPSA) is 29.5 Å². The highest BCUT2D eigenvalue weighted by Crippen LogP contribution is 2.54. The van der Waals surface area contributed by atoms with Gasteiger partial charge in [-0.05, 0) is 29.5 Å². The van der Waals surface area contributed by atoms with Crippen molar-refractivity contribution in [2.45, 2.75) is 31.7 Å². The molecule has 1 fully saturated rings. The third-order valence-electron chi connectivity index (χ3n) is 3.06. The minimum atomic E-state index is 0.0561. The largest absolute Gasteiger partial charge is 0.392 e. The van der Waals surface area contributed by atoms with Crippen molar-refractivity contribution in [2.75, 3.05) is 0 Å². The van der Waals surface area contributed by atoms with E-state index in [1.54, 1.807) is 0 Å². The van der Waals surface area contributed by atoms with Crippen molar-refractivity contribution in [2.24, 2.45) is 0 Å². The van der Waals surface area contributed by atoms with Gasteiger partial charge in [0.25, 0.3) is 0 Å². The number of ether oxygens (including phenoxy) is 1. The molecule has 1 aromatic carbocycles. The van der Waals surface area contributed by atoms with E-state index in [-0.39, 0.29) is 12.2 Å². The number of fused-ring (bicyclic) bond motifs is 2. The van der Waals surface area contributed by atoms with Crippen LogP contribution in [0.3, 0.4) is 0 Å². The summed E-state index contributed by atoms with van der Waals surface area (Å²) in [6, 6.07) is 6.15. The molecule has 1 N–H and O–H groups in total. The van der Waals surface area contributed by atoms with Crippen molar-refractivity contribution < 1.29 is 9.84 Å². The van der Waals surface area contributed by atoms with Crippen LogP contribution in [0, 0.1) is 0 Å². The van der Waals surface area contributed by atoms with Gasteiger partial charge in [-0.25, -0.2) is 0 Å². The number of hydrogen-bond donors (Lipinski definition) is 1. The van der Waals surface area contributed by atoms with Gasteiger partial charge >= 0.3 is 0 Å². The molecule has 1 heterocycles. The zero-order chi connectivity index (χ0) is 8.89. The van der Waals surface area contributed by atoms with E-state index in [0.29, 0.717) is 0 Å². The third-order valence-corrected chi connectivity index (χ3v) is 3.06. The van der Waals surface area contributed by atoms with E-state index in [1.807, 2.05) is 6.07 Å². The first kappa shape index (κ1) is 7.54. The number of hydrogen-bond acceptors (Lipinski definition) is 2. The molecule has 1 saturated carbocycles. The quantitative estimate of drug-likeness (QED) is 0.705. The minimum Gasteiger partial charge on any atom is -0.392 e. The number of rotatable bonds is 1. The fraction of sp³-hybridized carbons (Fsp3) is 0.455. The summed E-state index contributed by atoms with van der Waals surface area (Å²) in [5.41, 5.74) is 3.67. The van der Waals surface area contributed by atoms with Crippen LogP contribution in [0.4, 0.5) is 0 Å². The van der Waals surface area contributed by atoms with Gasteiger partial charge in [-0.2, -0.15) is 0 Å². The van der Waals surface area contributed by atoms with E-state index in [0.717, 1.165) is 25.0 Å². The molecule has 2 nitrogen and oxygen atoms in total. The van der Waals surface area contributed by atoms with Gasteiger partial charge in [0.15, 0.2) is 0 Å². The Bertz CT molecular complexity index is 353. The van der Waals surface area contributed by atoms with Gasteiger partial charge in [-0.3, -0.25) is 0 Å². The lowest BCUT2D eigenvalue weighted by Gasteiger charge is -2.07. The number of aliphatic hydroxyl groups is 1. The zero-order valence-electron chi connectivity index (χ0n) is 7.42. The van der Waals surface area contributed by atoms with Crippen molar-refractivity contribution >= 4 is 0 Å². The van der Waals surface area contributed by atoms with E-state index >= 15 is 0 Å². The van der Waals surface area contributed by atoms with Crippen LogP contribution in [0.5, 0.6) is 0 Å². The normalized spacial score (nSPS) is 21.9. The van der Waals surface area contributed by atoms with Gasteiger partial charge in [0, 0.05) is 0 Å². The van der Waals surface area contributed by atoms with E-state index in [4.69, 9.17) is 9.84 Å². The fourth-order valence-corrected chi connectivity index (χ4v) is 2.09. The summed E-state index contributed by atoms with van der Waals surface area (Å²) in [6.45, 7) is 0.879. The first-order valence-electron chi connectivity index (χ1n) is 4.71. The zero-order valence-corrected chi connectivity index (χ0v) is 7.42. The molecule has 68 valence electrons. The molecule has 0 saturated heterocycles. The first-order chi connectivity index (χ1) is 6.34. The maximum absolute atomic E-state index is 9.02. The minimum absolute atomic E-state index is 0.0561. The average molecular weight is 176 g/mol. The monoisotopic (exact) mass is 176 g/mol. The summed E-state index contributed by atoms with van der Waals surface area (Å²) in [5, 5.41) is 9.02. The molecule has 0 amide bonds. The van der Waals surface area contributed by atoms with Gasteiger partial charge in [0.05, 0.1) is 18.8 Å². The summed E-state index contributed by atoms with van der Waals surface area (Å²) >= 11 is 0. The van der Waals surface area contributed by atoms with E-state index in [1.165, 1.54) is 11.1 Å². The molecule has 1 aromatic rings. The van der Waals surface area contributed by atoms with Crippen LogP contribution in [0.2, 0.25) is 0 Å². The Labute approximate surface area is 77.2 Å². The SMILES string of the molecule is OCc1ccc2c(c1)C1(CC1)OC2. The number of aliphatic hydroxyl groups excluding tert-OH is 1. The molecule has 1 spiro atoms. The average Bonchev–Trinajstić information content (AvgIpc) is 2.86. The predicted molar refractivity (Wildman–Crippen MR) is 48.1 cm³/mol.